The van der Waals surface area contributed by atoms with Crippen molar-refractivity contribution in [3.05, 3.63) is 60.8 Å². The Balaban J connectivity index is 0.000000503. The number of carboxylic acids is 1. The number of nitrogens with zero attached hydrogens (tertiary/aromatic N) is 5. The normalized spacial score (nSPS) is 18.2. The van der Waals surface area contributed by atoms with Gasteiger partial charge in [-0.25, -0.2) is 9.97 Å². The number of nitrogens with one attached hydrogen (secondary N) is 1. The Bertz CT molecular complexity index is 1120. The number of ether oxygens (including phenoxy) is 1. The van der Waals surface area contributed by atoms with Gasteiger partial charge in [0.2, 0.25) is 0 Å². The summed E-state index contributed by atoms with van der Waals surface area (Å²) in [6.45, 7) is 2.51. The third-order valence-corrected chi connectivity index (χ3v) is 4.99. The van der Waals surface area contributed by atoms with E-state index in [0.29, 0.717) is 18.2 Å². The lowest BCUT2D eigenvalue weighted by molar-refractivity contribution is -0.134. The summed E-state index contributed by atoms with van der Waals surface area (Å²) in [5.74, 6) is 0.424. The minimum absolute atomic E-state index is 0.232. The Morgan fingerprint density at radius 1 is 1.20 bits per heavy atom. The molecule has 5 rings (SSSR count). The van der Waals surface area contributed by atoms with Crippen molar-refractivity contribution < 1.29 is 14.6 Å². The molecule has 5 heterocycles. The molecule has 9 heteroatoms. The van der Waals surface area contributed by atoms with Gasteiger partial charge in [0.1, 0.15) is 5.69 Å². The third-order valence-electron chi connectivity index (χ3n) is 4.99. The lowest BCUT2D eigenvalue weighted by atomic mass is 9.95. The molecule has 0 unspecified atom stereocenters. The second kappa shape index (κ2) is 8.83. The number of hydrogen-bond acceptors (Lipinski definition) is 6. The van der Waals surface area contributed by atoms with E-state index in [1.54, 1.807) is 6.20 Å². The van der Waals surface area contributed by atoms with E-state index in [1.807, 2.05) is 36.9 Å². The molecule has 0 saturated carbocycles. The molecule has 0 amide bonds. The number of pyridine rings is 2. The fraction of sp³-hybridized carbons (Fsp3) is 0.286. The molecular formula is C21H22N6O3. The van der Waals surface area contributed by atoms with Gasteiger partial charge in [0.15, 0.2) is 11.5 Å². The zero-order chi connectivity index (χ0) is 20.9. The van der Waals surface area contributed by atoms with E-state index in [2.05, 4.69) is 41.8 Å². The standard InChI is InChI=1S/C19H18N6O.C2H4O2/c1-2-15-17(23-24-18(15)21-5-1)19-22-8-9-25(19)16-12-26-11-14(16)10-13-3-6-20-7-4-13;1-2(3)4/h1-9,14,16H,10-12H2,(H,21,23,24);1H3,(H,3,4)/t14-,16-;/m1./s1. The molecular weight excluding hydrogens is 384 g/mol. The van der Waals surface area contributed by atoms with Crippen molar-refractivity contribution in [2.75, 3.05) is 13.2 Å². The topological polar surface area (TPSA) is 119 Å². The van der Waals surface area contributed by atoms with Crippen LogP contribution in [0.5, 0.6) is 0 Å². The molecule has 154 valence electrons. The molecule has 4 aromatic heterocycles. The minimum Gasteiger partial charge on any atom is -0.481 e. The van der Waals surface area contributed by atoms with Crippen LogP contribution in [0.1, 0.15) is 18.5 Å². The van der Waals surface area contributed by atoms with Crippen LogP contribution in [0.2, 0.25) is 0 Å². The smallest absolute Gasteiger partial charge is 0.300 e. The number of rotatable bonds is 4. The number of carboxylic acid groups (broad SMARTS) is 1. The van der Waals surface area contributed by atoms with Gasteiger partial charge in [0, 0.05) is 49.2 Å². The Hall–Kier alpha value is -3.59. The number of aromatic amines is 1. The highest BCUT2D eigenvalue weighted by molar-refractivity contribution is 5.88. The number of aliphatic carboxylic acids is 1. The molecule has 9 nitrogen and oxygen atoms in total. The van der Waals surface area contributed by atoms with E-state index < -0.39 is 5.97 Å². The van der Waals surface area contributed by atoms with Gasteiger partial charge in [-0.1, -0.05) is 0 Å². The predicted molar refractivity (Wildman–Crippen MR) is 110 cm³/mol. The highest BCUT2D eigenvalue weighted by Gasteiger charge is 2.31. The van der Waals surface area contributed by atoms with Gasteiger partial charge >= 0.3 is 0 Å². The highest BCUT2D eigenvalue weighted by Crippen LogP contribution is 2.33. The second-order valence-electron chi connectivity index (χ2n) is 7.07. The van der Waals surface area contributed by atoms with Gasteiger partial charge in [-0.05, 0) is 36.2 Å². The average molecular weight is 406 g/mol. The summed E-state index contributed by atoms with van der Waals surface area (Å²) < 4.78 is 8.03. The molecule has 0 aromatic carbocycles. The van der Waals surface area contributed by atoms with Crippen molar-refractivity contribution in [2.45, 2.75) is 19.4 Å². The van der Waals surface area contributed by atoms with E-state index in [4.69, 9.17) is 14.6 Å². The quantitative estimate of drug-likeness (QED) is 0.535. The Morgan fingerprint density at radius 3 is 2.80 bits per heavy atom. The predicted octanol–water partition coefficient (Wildman–Crippen LogP) is 2.74. The molecule has 0 spiro atoms. The Kier molecular flexibility index (Phi) is 5.80. The van der Waals surface area contributed by atoms with Crippen LogP contribution in [0.4, 0.5) is 0 Å². The molecule has 1 saturated heterocycles. The van der Waals surface area contributed by atoms with Gasteiger partial charge in [-0.3, -0.25) is 14.9 Å². The van der Waals surface area contributed by atoms with E-state index in [1.165, 1.54) is 5.56 Å². The lowest BCUT2D eigenvalue weighted by Crippen LogP contribution is -2.20. The fourth-order valence-corrected chi connectivity index (χ4v) is 3.71. The first-order chi connectivity index (χ1) is 14.6. The Labute approximate surface area is 172 Å². The average Bonchev–Trinajstić information content (AvgIpc) is 3.47. The molecule has 0 radical (unpaired) electrons. The fourth-order valence-electron chi connectivity index (χ4n) is 3.71. The number of carbonyl (C=O) groups is 1. The van der Waals surface area contributed by atoms with Crippen molar-refractivity contribution in [3.63, 3.8) is 0 Å². The SMILES string of the molecule is CC(=O)O.c1cnc2n[nH]c(-c3nccn3[C@@H]3COC[C@H]3Cc3ccncc3)c2c1. The van der Waals surface area contributed by atoms with Crippen molar-refractivity contribution >= 4 is 17.0 Å². The van der Waals surface area contributed by atoms with Gasteiger partial charge in [-0.2, -0.15) is 5.10 Å². The molecule has 2 atom stereocenters. The first kappa shape index (κ1) is 19.7. The van der Waals surface area contributed by atoms with Gasteiger partial charge in [0.25, 0.3) is 5.97 Å². The summed E-state index contributed by atoms with van der Waals surface area (Å²) in [7, 11) is 0. The van der Waals surface area contributed by atoms with Crippen molar-refractivity contribution in [2.24, 2.45) is 5.92 Å². The molecule has 30 heavy (non-hydrogen) atoms. The summed E-state index contributed by atoms with van der Waals surface area (Å²) in [5.41, 5.74) is 2.87. The van der Waals surface area contributed by atoms with E-state index >= 15 is 0 Å². The summed E-state index contributed by atoms with van der Waals surface area (Å²) in [5, 5.41) is 15.8. The third kappa shape index (κ3) is 4.20. The number of fused-ring (bicyclic) bond motifs is 1. The molecule has 4 aromatic rings. The van der Waals surface area contributed by atoms with Crippen LogP contribution in [-0.2, 0) is 16.0 Å². The van der Waals surface area contributed by atoms with Gasteiger partial charge in [0.05, 0.1) is 19.3 Å². The molecule has 1 aliphatic heterocycles. The van der Waals surface area contributed by atoms with Crippen molar-refractivity contribution in [1.29, 1.82) is 0 Å². The summed E-state index contributed by atoms with van der Waals surface area (Å²) in [6.07, 6.45) is 10.2. The van der Waals surface area contributed by atoms with Gasteiger partial charge < -0.3 is 14.4 Å². The van der Waals surface area contributed by atoms with Crippen LogP contribution in [0.15, 0.2) is 55.2 Å². The lowest BCUT2D eigenvalue weighted by Gasteiger charge is -2.21. The molecule has 0 bridgehead atoms. The van der Waals surface area contributed by atoms with Crippen LogP contribution >= 0.6 is 0 Å². The number of imidazole rings is 1. The zero-order valence-corrected chi connectivity index (χ0v) is 16.5. The Morgan fingerprint density at radius 2 is 2.00 bits per heavy atom. The van der Waals surface area contributed by atoms with Crippen LogP contribution in [0.25, 0.3) is 22.6 Å². The van der Waals surface area contributed by atoms with Crippen molar-refractivity contribution in [1.82, 2.24) is 29.7 Å². The van der Waals surface area contributed by atoms with Crippen LogP contribution in [0, 0.1) is 5.92 Å². The maximum absolute atomic E-state index is 9.00. The summed E-state index contributed by atoms with van der Waals surface area (Å²) in [6, 6.07) is 8.30. The van der Waals surface area contributed by atoms with Crippen LogP contribution in [-0.4, -0.2) is 54.0 Å². The van der Waals surface area contributed by atoms with Crippen LogP contribution < -0.4 is 0 Å². The molecule has 1 aliphatic rings. The van der Waals surface area contributed by atoms with Gasteiger partial charge in [-0.15, -0.1) is 0 Å². The zero-order valence-electron chi connectivity index (χ0n) is 16.5. The molecule has 1 fully saturated rings. The minimum atomic E-state index is -0.833. The maximum atomic E-state index is 9.00. The second-order valence-corrected chi connectivity index (χ2v) is 7.07. The first-order valence-electron chi connectivity index (χ1n) is 9.62. The van der Waals surface area contributed by atoms with E-state index in [0.717, 1.165) is 36.9 Å². The molecule has 2 N–H and O–H groups in total. The van der Waals surface area contributed by atoms with Crippen LogP contribution in [0.3, 0.4) is 0 Å². The highest BCUT2D eigenvalue weighted by atomic mass is 16.5. The first-order valence-corrected chi connectivity index (χ1v) is 9.62. The number of aromatic nitrogens is 6. The van der Waals surface area contributed by atoms with Crippen molar-refractivity contribution in [3.8, 4) is 11.5 Å². The van der Waals surface area contributed by atoms with E-state index in [9.17, 15) is 0 Å². The maximum Gasteiger partial charge on any atom is 0.300 e. The number of hydrogen-bond donors (Lipinski definition) is 2. The largest absolute Gasteiger partial charge is 0.481 e. The van der Waals surface area contributed by atoms with E-state index in [-0.39, 0.29) is 6.04 Å². The number of H-pyrrole nitrogens is 1. The monoisotopic (exact) mass is 406 g/mol. The summed E-state index contributed by atoms with van der Waals surface area (Å²) in [4.78, 5) is 22.0. The molecule has 0 aliphatic carbocycles. The summed E-state index contributed by atoms with van der Waals surface area (Å²) >= 11 is 0.